The molecule has 0 aliphatic heterocycles. The molecule has 0 unspecified atom stereocenters. The highest BCUT2D eigenvalue weighted by Gasteiger charge is 2.29. The third kappa shape index (κ3) is 5.79. The molecular weight excluding hydrogens is 455 g/mol. The Morgan fingerprint density at radius 2 is 1.48 bits per heavy atom. The van der Waals surface area contributed by atoms with Crippen molar-refractivity contribution in [1.29, 1.82) is 0 Å². The summed E-state index contributed by atoms with van der Waals surface area (Å²) in [5.41, 5.74) is 3.08. The van der Waals surface area contributed by atoms with Gasteiger partial charge in [-0.1, -0.05) is 70.7 Å². The summed E-state index contributed by atoms with van der Waals surface area (Å²) in [6.45, 7) is 3.67. The van der Waals surface area contributed by atoms with Crippen molar-refractivity contribution < 1.29 is 13.2 Å². The van der Waals surface area contributed by atoms with Crippen LogP contribution in [0.1, 0.15) is 16.7 Å². The lowest BCUT2D eigenvalue weighted by Gasteiger charge is -2.25. The molecule has 0 radical (unpaired) electrons. The first-order valence-electron chi connectivity index (χ1n) is 9.53. The fourth-order valence-electron chi connectivity index (χ4n) is 2.91. The highest BCUT2D eigenvalue weighted by Crippen LogP contribution is 2.33. The smallest absolute Gasteiger partial charge is 0.264 e. The minimum Gasteiger partial charge on any atom is -0.350 e. The van der Waals surface area contributed by atoms with Crippen molar-refractivity contribution in [2.24, 2.45) is 0 Å². The summed E-state index contributed by atoms with van der Waals surface area (Å²) in [6.07, 6.45) is 0. The largest absolute Gasteiger partial charge is 0.350 e. The van der Waals surface area contributed by atoms with Crippen molar-refractivity contribution in [2.45, 2.75) is 25.3 Å². The normalized spacial score (nSPS) is 11.2. The third-order valence-corrected chi connectivity index (χ3v) is 7.01. The lowest BCUT2D eigenvalue weighted by atomic mass is 10.1. The minimum absolute atomic E-state index is 0.0560. The average Bonchev–Trinajstić information content (AvgIpc) is 2.74. The van der Waals surface area contributed by atoms with E-state index in [9.17, 15) is 13.2 Å². The molecule has 0 aliphatic rings. The fourth-order valence-corrected chi connectivity index (χ4v) is 4.77. The first-order valence-corrected chi connectivity index (χ1v) is 11.7. The van der Waals surface area contributed by atoms with Crippen LogP contribution in [0.2, 0.25) is 10.0 Å². The standard InChI is InChI=1S/C23H22Cl2N2O3S/c1-16-3-7-18(8-4-16)14-26-23(28)15-27(22-13-19(24)9-12-21(22)25)31(29,30)20-10-5-17(2)6-11-20/h3-13H,14-15H2,1-2H3,(H,26,28). The van der Waals surface area contributed by atoms with Crippen molar-refractivity contribution in [2.75, 3.05) is 10.8 Å². The number of halogens is 2. The number of aryl methyl sites for hydroxylation is 2. The zero-order valence-electron chi connectivity index (χ0n) is 17.1. The Balaban J connectivity index is 1.90. The van der Waals surface area contributed by atoms with E-state index >= 15 is 0 Å². The van der Waals surface area contributed by atoms with Crippen LogP contribution in [0.4, 0.5) is 5.69 Å². The molecule has 0 aliphatic carbocycles. The molecule has 3 rings (SSSR count). The molecule has 31 heavy (non-hydrogen) atoms. The van der Waals surface area contributed by atoms with Crippen LogP contribution in [0.3, 0.4) is 0 Å². The summed E-state index contributed by atoms with van der Waals surface area (Å²) in [6, 6.07) is 18.6. The lowest BCUT2D eigenvalue weighted by Crippen LogP contribution is -2.40. The van der Waals surface area contributed by atoms with Gasteiger partial charge in [-0.15, -0.1) is 0 Å². The highest BCUT2D eigenvalue weighted by molar-refractivity contribution is 7.92. The average molecular weight is 477 g/mol. The van der Waals surface area contributed by atoms with E-state index in [4.69, 9.17) is 23.2 Å². The van der Waals surface area contributed by atoms with Gasteiger partial charge < -0.3 is 5.32 Å². The van der Waals surface area contributed by atoms with Crippen molar-refractivity contribution in [3.05, 3.63) is 93.5 Å². The number of hydrogen-bond donors (Lipinski definition) is 1. The summed E-state index contributed by atoms with van der Waals surface area (Å²) in [4.78, 5) is 12.8. The molecule has 0 aromatic heterocycles. The van der Waals surface area contributed by atoms with E-state index in [2.05, 4.69) is 5.32 Å². The molecular formula is C23H22Cl2N2O3S. The molecule has 1 amide bonds. The van der Waals surface area contributed by atoms with Gasteiger partial charge in [0.25, 0.3) is 10.0 Å². The Bertz CT molecular complexity index is 1180. The van der Waals surface area contributed by atoms with Gasteiger partial charge in [-0.25, -0.2) is 8.42 Å². The van der Waals surface area contributed by atoms with Crippen LogP contribution in [-0.2, 0) is 21.4 Å². The van der Waals surface area contributed by atoms with E-state index in [-0.39, 0.29) is 22.2 Å². The zero-order valence-corrected chi connectivity index (χ0v) is 19.4. The molecule has 5 nitrogen and oxygen atoms in total. The summed E-state index contributed by atoms with van der Waals surface area (Å²) >= 11 is 12.4. The number of rotatable bonds is 7. The maximum Gasteiger partial charge on any atom is 0.264 e. The second-order valence-corrected chi connectivity index (χ2v) is 9.89. The number of nitrogens with one attached hydrogen (secondary N) is 1. The molecule has 162 valence electrons. The molecule has 0 saturated carbocycles. The second kappa shape index (κ2) is 9.73. The number of anilines is 1. The van der Waals surface area contributed by atoms with E-state index in [1.807, 2.05) is 38.1 Å². The maximum absolute atomic E-state index is 13.4. The molecule has 0 atom stereocenters. The number of amides is 1. The van der Waals surface area contributed by atoms with Crippen LogP contribution in [-0.4, -0.2) is 20.9 Å². The second-order valence-electron chi connectivity index (χ2n) is 7.18. The Kier molecular flexibility index (Phi) is 7.26. The first kappa shape index (κ1) is 23.1. The highest BCUT2D eigenvalue weighted by atomic mass is 35.5. The van der Waals surface area contributed by atoms with Gasteiger partial charge in [-0.2, -0.15) is 0 Å². The van der Waals surface area contributed by atoms with Gasteiger partial charge in [0.2, 0.25) is 5.91 Å². The summed E-state index contributed by atoms with van der Waals surface area (Å²) in [5.74, 6) is -0.465. The van der Waals surface area contributed by atoms with Gasteiger partial charge in [-0.05, 0) is 49.7 Å². The van der Waals surface area contributed by atoms with Gasteiger partial charge in [0.1, 0.15) is 6.54 Å². The van der Waals surface area contributed by atoms with Gasteiger partial charge in [0.05, 0.1) is 15.6 Å². The SMILES string of the molecule is Cc1ccc(CNC(=O)CN(c2cc(Cl)ccc2Cl)S(=O)(=O)c2ccc(C)cc2)cc1. The Labute approximate surface area is 192 Å². The van der Waals surface area contributed by atoms with Crippen molar-refractivity contribution in [3.8, 4) is 0 Å². The molecule has 8 heteroatoms. The van der Waals surface area contributed by atoms with E-state index in [0.29, 0.717) is 5.02 Å². The zero-order chi connectivity index (χ0) is 22.6. The molecule has 1 N–H and O–H groups in total. The predicted octanol–water partition coefficient (Wildman–Crippen LogP) is 5.12. The summed E-state index contributed by atoms with van der Waals surface area (Å²) in [5, 5.41) is 3.25. The number of nitrogens with zero attached hydrogens (tertiary/aromatic N) is 1. The van der Waals surface area contributed by atoms with E-state index in [1.165, 1.54) is 24.3 Å². The van der Waals surface area contributed by atoms with Gasteiger partial charge >= 0.3 is 0 Å². The van der Waals surface area contributed by atoms with Gasteiger partial charge in [0, 0.05) is 11.6 Å². The summed E-state index contributed by atoms with van der Waals surface area (Å²) < 4.78 is 27.8. The number of carbonyl (C=O) groups is 1. The molecule has 3 aromatic carbocycles. The van der Waals surface area contributed by atoms with E-state index in [1.54, 1.807) is 18.2 Å². The van der Waals surface area contributed by atoms with Gasteiger partial charge in [0.15, 0.2) is 0 Å². The number of hydrogen-bond acceptors (Lipinski definition) is 3. The molecule has 0 bridgehead atoms. The van der Waals surface area contributed by atoms with Crippen LogP contribution in [0.15, 0.2) is 71.6 Å². The molecule has 0 fully saturated rings. The monoisotopic (exact) mass is 476 g/mol. The van der Waals surface area contributed by atoms with Gasteiger partial charge in [-0.3, -0.25) is 9.10 Å². The maximum atomic E-state index is 13.4. The molecule has 0 heterocycles. The van der Waals surface area contributed by atoms with Crippen molar-refractivity contribution >= 4 is 44.8 Å². The topological polar surface area (TPSA) is 66.5 Å². The van der Waals surface area contributed by atoms with Crippen LogP contribution < -0.4 is 9.62 Å². The first-order chi connectivity index (χ1) is 14.7. The number of benzene rings is 3. The number of sulfonamides is 1. The van der Waals surface area contributed by atoms with Crippen molar-refractivity contribution in [3.63, 3.8) is 0 Å². The molecule has 0 spiro atoms. The number of carbonyl (C=O) groups excluding carboxylic acids is 1. The lowest BCUT2D eigenvalue weighted by molar-refractivity contribution is -0.119. The summed E-state index contributed by atoms with van der Waals surface area (Å²) in [7, 11) is -4.06. The van der Waals surface area contributed by atoms with Crippen LogP contribution in [0, 0.1) is 13.8 Å². The Hall–Kier alpha value is -2.54. The van der Waals surface area contributed by atoms with Crippen LogP contribution in [0.5, 0.6) is 0 Å². The fraction of sp³-hybridized carbons (Fsp3) is 0.174. The molecule has 3 aromatic rings. The van der Waals surface area contributed by atoms with E-state index in [0.717, 1.165) is 21.0 Å². The predicted molar refractivity (Wildman–Crippen MR) is 125 cm³/mol. The Morgan fingerprint density at radius 1 is 0.903 bits per heavy atom. The molecule has 0 saturated heterocycles. The van der Waals surface area contributed by atoms with Crippen LogP contribution in [0.25, 0.3) is 0 Å². The van der Waals surface area contributed by atoms with Crippen molar-refractivity contribution in [1.82, 2.24) is 5.32 Å². The Morgan fingerprint density at radius 3 is 2.10 bits per heavy atom. The third-order valence-electron chi connectivity index (χ3n) is 4.68. The quantitative estimate of drug-likeness (QED) is 0.514. The minimum atomic E-state index is -4.06. The van der Waals surface area contributed by atoms with Crippen LogP contribution >= 0.6 is 23.2 Å². The van der Waals surface area contributed by atoms with E-state index < -0.39 is 22.5 Å².